The van der Waals surface area contributed by atoms with Crippen molar-refractivity contribution in [1.29, 1.82) is 5.26 Å². The Kier molecular flexibility index (Phi) is 3.39. The zero-order valence-corrected chi connectivity index (χ0v) is 7.38. The molecule has 4 heteroatoms. The summed E-state index contributed by atoms with van der Waals surface area (Å²) in [5, 5.41) is 11.0. The first kappa shape index (κ1) is 8.85. The van der Waals surface area contributed by atoms with Crippen LogP contribution in [0.3, 0.4) is 0 Å². The van der Waals surface area contributed by atoms with Crippen molar-refractivity contribution in [2.45, 2.75) is 19.8 Å². The SMILES string of the molecule is CCCN1CCCN=C1NC#N. The molecule has 1 heterocycles. The third kappa shape index (κ3) is 2.12. The van der Waals surface area contributed by atoms with Gasteiger partial charge < -0.3 is 4.90 Å². The quantitative estimate of drug-likeness (QED) is 0.481. The predicted octanol–water partition coefficient (Wildman–Crippen LogP) is 0.529. The second-order valence-electron chi connectivity index (χ2n) is 2.78. The summed E-state index contributed by atoms with van der Waals surface area (Å²) in [5.74, 6) is 0.741. The average molecular weight is 166 g/mol. The standard InChI is InChI=1S/C8H14N4/c1-2-5-12-6-3-4-10-8(12)11-7-9/h2-6H2,1H3,(H,10,11). The van der Waals surface area contributed by atoms with Gasteiger partial charge in [0.15, 0.2) is 6.19 Å². The van der Waals surface area contributed by atoms with Gasteiger partial charge in [-0.05, 0) is 12.8 Å². The van der Waals surface area contributed by atoms with Crippen LogP contribution in [-0.4, -0.2) is 30.5 Å². The lowest BCUT2D eigenvalue weighted by atomic mass is 10.3. The van der Waals surface area contributed by atoms with Crippen LogP contribution in [0.1, 0.15) is 19.8 Å². The molecule has 1 rings (SSSR count). The van der Waals surface area contributed by atoms with Gasteiger partial charge in [0.05, 0.1) is 0 Å². The molecule has 4 nitrogen and oxygen atoms in total. The smallest absolute Gasteiger partial charge is 0.207 e. The second kappa shape index (κ2) is 4.60. The molecule has 0 amide bonds. The first-order valence-corrected chi connectivity index (χ1v) is 4.33. The van der Waals surface area contributed by atoms with E-state index in [0.29, 0.717) is 0 Å². The fourth-order valence-electron chi connectivity index (χ4n) is 1.31. The van der Waals surface area contributed by atoms with Crippen LogP contribution < -0.4 is 5.32 Å². The van der Waals surface area contributed by atoms with Crippen LogP contribution in [0.25, 0.3) is 0 Å². The van der Waals surface area contributed by atoms with Gasteiger partial charge in [0, 0.05) is 19.6 Å². The van der Waals surface area contributed by atoms with E-state index in [9.17, 15) is 0 Å². The van der Waals surface area contributed by atoms with Gasteiger partial charge in [-0.25, -0.2) is 0 Å². The Labute approximate surface area is 72.9 Å². The second-order valence-corrected chi connectivity index (χ2v) is 2.78. The van der Waals surface area contributed by atoms with E-state index in [4.69, 9.17) is 5.26 Å². The Morgan fingerprint density at radius 1 is 1.75 bits per heavy atom. The molecular weight excluding hydrogens is 152 g/mol. The van der Waals surface area contributed by atoms with E-state index in [0.717, 1.165) is 38.4 Å². The predicted molar refractivity (Wildman–Crippen MR) is 47.5 cm³/mol. The molecule has 1 aliphatic heterocycles. The molecule has 12 heavy (non-hydrogen) atoms. The maximum atomic E-state index is 8.44. The Balaban J connectivity index is 2.53. The third-order valence-electron chi connectivity index (χ3n) is 1.81. The van der Waals surface area contributed by atoms with Crippen LogP contribution in [0, 0.1) is 11.5 Å². The molecule has 0 saturated heterocycles. The summed E-state index contributed by atoms with van der Waals surface area (Å²) in [6.07, 6.45) is 4.09. The molecule has 0 atom stereocenters. The number of aliphatic imine (C=N–C) groups is 1. The van der Waals surface area contributed by atoms with Gasteiger partial charge in [0.25, 0.3) is 0 Å². The van der Waals surface area contributed by atoms with Crippen molar-refractivity contribution in [2.75, 3.05) is 19.6 Å². The van der Waals surface area contributed by atoms with E-state index in [1.54, 1.807) is 0 Å². The maximum Gasteiger partial charge on any atom is 0.207 e. The number of nitriles is 1. The molecular formula is C8H14N4. The molecule has 1 N–H and O–H groups in total. The van der Waals surface area contributed by atoms with Crippen molar-refractivity contribution in [1.82, 2.24) is 10.2 Å². The first-order valence-electron chi connectivity index (χ1n) is 4.33. The summed E-state index contributed by atoms with van der Waals surface area (Å²) < 4.78 is 0. The molecule has 0 aromatic carbocycles. The van der Waals surface area contributed by atoms with Crippen LogP contribution in [0.2, 0.25) is 0 Å². The molecule has 0 aromatic rings. The van der Waals surface area contributed by atoms with Gasteiger partial charge in [0.1, 0.15) is 0 Å². The van der Waals surface area contributed by atoms with Gasteiger partial charge >= 0.3 is 0 Å². The van der Waals surface area contributed by atoms with Crippen molar-refractivity contribution in [3.05, 3.63) is 0 Å². The summed E-state index contributed by atoms with van der Waals surface area (Å²) in [4.78, 5) is 6.35. The topological polar surface area (TPSA) is 51.4 Å². The highest BCUT2D eigenvalue weighted by molar-refractivity contribution is 5.81. The molecule has 0 fully saturated rings. The molecule has 0 bridgehead atoms. The number of rotatable bonds is 2. The number of guanidine groups is 1. The van der Waals surface area contributed by atoms with Crippen LogP contribution in [-0.2, 0) is 0 Å². The minimum Gasteiger partial charge on any atom is -0.342 e. The Hall–Kier alpha value is -1.24. The maximum absolute atomic E-state index is 8.44. The van der Waals surface area contributed by atoms with Crippen molar-refractivity contribution in [2.24, 2.45) is 4.99 Å². The number of nitrogens with one attached hydrogen (secondary N) is 1. The van der Waals surface area contributed by atoms with E-state index in [-0.39, 0.29) is 0 Å². The molecule has 0 spiro atoms. The van der Waals surface area contributed by atoms with Gasteiger partial charge in [-0.1, -0.05) is 6.92 Å². The van der Waals surface area contributed by atoms with Crippen molar-refractivity contribution in [3.63, 3.8) is 0 Å². The molecule has 0 aliphatic carbocycles. The highest BCUT2D eigenvalue weighted by atomic mass is 15.3. The number of hydrogen-bond donors (Lipinski definition) is 1. The molecule has 0 saturated carbocycles. The summed E-state index contributed by atoms with van der Waals surface area (Å²) in [6.45, 7) is 4.96. The summed E-state index contributed by atoms with van der Waals surface area (Å²) >= 11 is 0. The minimum absolute atomic E-state index is 0.741. The minimum atomic E-state index is 0.741. The largest absolute Gasteiger partial charge is 0.342 e. The molecule has 66 valence electrons. The zero-order valence-electron chi connectivity index (χ0n) is 7.38. The normalized spacial score (nSPS) is 16.7. The summed E-state index contributed by atoms with van der Waals surface area (Å²) in [5.41, 5.74) is 0. The third-order valence-corrected chi connectivity index (χ3v) is 1.81. The van der Waals surface area contributed by atoms with E-state index in [2.05, 4.69) is 22.1 Å². The van der Waals surface area contributed by atoms with E-state index >= 15 is 0 Å². The van der Waals surface area contributed by atoms with Gasteiger partial charge in [-0.2, -0.15) is 5.26 Å². The van der Waals surface area contributed by atoms with Gasteiger partial charge in [-0.3, -0.25) is 10.3 Å². The van der Waals surface area contributed by atoms with Crippen molar-refractivity contribution >= 4 is 5.96 Å². The fourth-order valence-corrected chi connectivity index (χ4v) is 1.31. The molecule has 0 aromatic heterocycles. The van der Waals surface area contributed by atoms with Gasteiger partial charge in [0.2, 0.25) is 5.96 Å². The molecule has 1 aliphatic rings. The fraction of sp³-hybridized carbons (Fsp3) is 0.750. The van der Waals surface area contributed by atoms with E-state index < -0.39 is 0 Å². The van der Waals surface area contributed by atoms with Crippen molar-refractivity contribution < 1.29 is 0 Å². The molecule has 0 unspecified atom stereocenters. The number of nitrogens with zero attached hydrogens (tertiary/aromatic N) is 3. The molecule has 0 radical (unpaired) electrons. The summed E-state index contributed by atoms with van der Waals surface area (Å²) in [7, 11) is 0. The van der Waals surface area contributed by atoms with E-state index in [1.807, 2.05) is 6.19 Å². The zero-order chi connectivity index (χ0) is 8.81. The number of hydrogen-bond acceptors (Lipinski definition) is 4. The van der Waals surface area contributed by atoms with E-state index in [1.165, 1.54) is 0 Å². The first-order chi connectivity index (χ1) is 5.88. The highest BCUT2D eigenvalue weighted by Gasteiger charge is 2.12. The van der Waals surface area contributed by atoms with Crippen LogP contribution in [0.4, 0.5) is 0 Å². The van der Waals surface area contributed by atoms with Crippen LogP contribution in [0.15, 0.2) is 4.99 Å². The Bertz CT molecular complexity index is 204. The lowest BCUT2D eigenvalue weighted by Gasteiger charge is -2.27. The lowest BCUT2D eigenvalue weighted by molar-refractivity contribution is 0.384. The van der Waals surface area contributed by atoms with Gasteiger partial charge in [-0.15, -0.1) is 0 Å². The lowest BCUT2D eigenvalue weighted by Crippen LogP contribution is -2.43. The van der Waals surface area contributed by atoms with Crippen LogP contribution >= 0.6 is 0 Å². The Morgan fingerprint density at radius 2 is 2.58 bits per heavy atom. The Morgan fingerprint density at radius 3 is 3.25 bits per heavy atom. The van der Waals surface area contributed by atoms with Crippen LogP contribution in [0.5, 0.6) is 0 Å². The summed E-state index contributed by atoms with van der Waals surface area (Å²) in [6, 6.07) is 0. The highest BCUT2D eigenvalue weighted by Crippen LogP contribution is 2.01. The van der Waals surface area contributed by atoms with Crippen molar-refractivity contribution in [3.8, 4) is 6.19 Å². The average Bonchev–Trinajstić information content (AvgIpc) is 2.09. The monoisotopic (exact) mass is 166 g/mol.